The maximum Gasteiger partial charge on any atom is 0.161 e. The Morgan fingerprint density at radius 2 is 1.55 bits per heavy atom. The van der Waals surface area contributed by atoms with Crippen LogP contribution in [0.3, 0.4) is 0 Å². The minimum Gasteiger partial charge on any atom is -0.233 e. The lowest BCUT2D eigenvalue weighted by molar-refractivity contribution is 1.02. The molecule has 2 aromatic carbocycles. The fraction of sp³-hybridized carbons (Fsp3) is 0.158. The second-order valence-electron chi connectivity index (χ2n) is 5.43. The van der Waals surface area contributed by atoms with E-state index in [0.717, 1.165) is 23.2 Å². The first-order valence-corrected chi connectivity index (χ1v) is 7.65. The van der Waals surface area contributed by atoms with Gasteiger partial charge >= 0.3 is 0 Å². The van der Waals surface area contributed by atoms with Crippen LogP contribution in [-0.4, -0.2) is 9.97 Å². The van der Waals surface area contributed by atoms with Crippen molar-refractivity contribution in [1.82, 2.24) is 9.97 Å². The lowest BCUT2D eigenvalue weighted by Gasteiger charge is -2.10. The quantitative estimate of drug-likeness (QED) is 0.636. The summed E-state index contributed by atoms with van der Waals surface area (Å²) in [5.41, 5.74) is 5.33. The van der Waals surface area contributed by atoms with Gasteiger partial charge in [-0.2, -0.15) is 0 Å². The molecule has 0 atom stereocenters. The molecule has 0 unspecified atom stereocenters. The van der Waals surface area contributed by atoms with E-state index in [1.54, 1.807) is 0 Å². The first kappa shape index (κ1) is 14.7. The van der Waals surface area contributed by atoms with E-state index in [1.165, 1.54) is 11.1 Å². The van der Waals surface area contributed by atoms with Crippen LogP contribution in [-0.2, 0) is 6.42 Å². The summed E-state index contributed by atoms with van der Waals surface area (Å²) < 4.78 is 0. The lowest BCUT2D eigenvalue weighted by Crippen LogP contribution is -2.01. The number of nitrogens with zero attached hydrogens (tertiary/aromatic N) is 2. The number of aryl methyl sites for hydroxylation is 2. The molecule has 22 heavy (non-hydrogen) atoms. The summed E-state index contributed by atoms with van der Waals surface area (Å²) in [7, 11) is 0. The summed E-state index contributed by atoms with van der Waals surface area (Å²) in [6.45, 7) is 4.05. The van der Waals surface area contributed by atoms with Crippen LogP contribution in [0.1, 0.15) is 22.4 Å². The fourth-order valence-corrected chi connectivity index (χ4v) is 2.68. The molecule has 0 saturated heterocycles. The smallest absolute Gasteiger partial charge is 0.161 e. The Morgan fingerprint density at radius 1 is 0.864 bits per heavy atom. The van der Waals surface area contributed by atoms with Gasteiger partial charge in [-0.15, -0.1) is 0 Å². The molecule has 0 radical (unpaired) electrons. The van der Waals surface area contributed by atoms with Crippen molar-refractivity contribution < 1.29 is 0 Å². The van der Waals surface area contributed by atoms with Gasteiger partial charge in [0.2, 0.25) is 0 Å². The summed E-state index contributed by atoms with van der Waals surface area (Å²) in [5, 5.41) is 0.534. The SMILES string of the molecule is Cc1ccc(-c2nc(C)c(Cc3ccccc3)c(Cl)n2)cc1. The van der Waals surface area contributed by atoms with Crippen molar-refractivity contribution in [3.05, 3.63) is 82.1 Å². The van der Waals surface area contributed by atoms with Crippen LogP contribution in [0.25, 0.3) is 11.4 Å². The highest BCUT2D eigenvalue weighted by Gasteiger charge is 2.12. The number of benzene rings is 2. The van der Waals surface area contributed by atoms with E-state index >= 15 is 0 Å². The van der Waals surface area contributed by atoms with Gasteiger partial charge in [0, 0.05) is 23.2 Å². The van der Waals surface area contributed by atoms with E-state index < -0.39 is 0 Å². The number of rotatable bonds is 3. The van der Waals surface area contributed by atoms with Gasteiger partial charge in [-0.05, 0) is 19.4 Å². The molecular weight excluding hydrogens is 292 g/mol. The molecular formula is C19H17ClN2. The summed E-state index contributed by atoms with van der Waals surface area (Å²) in [5.74, 6) is 0.680. The molecule has 110 valence electrons. The molecule has 0 aliphatic carbocycles. The molecule has 0 spiro atoms. The molecule has 0 aliphatic heterocycles. The van der Waals surface area contributed by atoms with Crippen LogP contribution in [0.4, 0.5) is 0 Å². The summed E-state index contributed by atoms with van der Waals surface area (Å²) in [6.07, 6.45) is 0.750. The number of hydrogen-bond donors (Lipinski definition) is 0. The van der Waals surface area contributed by atoms with Gasteiger partial charge in [-0.3, -0.25) is 0 Å². The second-order valence-corrected chi connectivity index (χ2v) is 5.79. The van der Waals surface area contributed by atoms with Crippen LogP contribution in [0, 0.1) is 13.8 Å². The zero-order chi connectivity index (χ0) is 15.5. The van der Waals surface area contributed by atoms with E-state index in [2.05, 4.69) is 41.2 Å². The topological polar surface area (TPSA) is 25.8 Å². The molecule has 0 aliphatic rings. The zero-order valence-corrected chi connectivity index (χ0v) is 13.4. The maximum absolute atomic E-state index is 6.41. The molecule has 0 saturated carbocycles. The van der Waals surface area contributed by atoms with E-state index in [9.17, 15) is 0 Å². The highest BCUT2D eigenvalue weighted by Crippen LogP contribution is 2.24. The third kappa shape index (κ3) is 3.18. The van der Waals surface area contributed by atoms with Crippen LogP contribution in [0.2, 0.25) is 5.15 Å². The van der Waals surface area contributed by atoms with Crippen LogP contribution < -0.4 is 0 Å². The van der Waals surface area contributed by atoms with Crippen molar-refractivity contribution in [3.63, 3.8) is 0 Å². The van der Waals surface area contributed by atoms with Gasteiger partial charge in [0.15, 0.2) is 5.82 Å². The monoisotopic (exact) mass is 308 g/mol. The van der Waals surface area contributed by atoms with Gasteiger partial charge in [0.1, 0.15) is 5.15 Å². The van der Waals surface area contributed by atoms with Crippen molar-refractivity contribution in [2.45, 2.75) is 20.3 Å². The van der Waals surface area contributed by atoms with Gasteiger partial charge in [0.05, 0.1) is 0 Å². The maximum atomic E-state index is 6.41. The second kappa shape index (κ2) is 6.29. The Bertz CT molecular complexity index is 757. The van der Waals surface area contributed by atoms with Gasteiger partial charge < -0.3 is 0 Å². The Kier molecular flexibility index (Phi) is 4.21. The lowest BCUT2D eigenvalue weighted by atomic mass is 10.0. The Labute approximate surface area is 135 Å². The highest BCUT2D eigenvalue weighted by molar-refractivity contribution is 6.30. The Morgan fingerprint density at radius 3 is 2.18 bits per heavy atom. The predicted molar refractivity (Wildman–Crippen MR) is 91.2 cm³/mol. The molecule has 0 fully saturated rings. The number of hydrogen-bond acceptors (Lipinski definition) is 2. The predicted octanol–water partition coefficient (Wildman–Crippen LogP) is 5.00. The van der Waals surface area contributed by atoms with Gasteiger partial charge in [-0.25, -0.2) is 9.97 Å². The normalized spacial score (nSPS) is 10.7. The average Bonchev–Trinajstić information content (AvgIpc) is 2.52. The number of halogens is 1. The summed E-state index contributed by atoms with van der Waals surface area (Å²) in [6, 6.07) is 18.4. The van der Waals surface area contributed by atoms with E-state index in [0.29, 0.717) is 11.0 Å². The van der Waals surface area contributed by atoms with E-state index in [1.807, 2.05) is 37.3 Å². The van der Waals surface area contributed by atoms with Gasteiger partial charge in [-0.1, -0.05) is 71.8 Å². The van der Waals surface area contributed by atoms with Crippen molar-refractivity contribution in [2.75, 3.05) is 0 Å². The standard InChI is InChI=1S/C19H17ClN2/c1-13-8-10-16(11-9-13)19-21-14(2)17(18(20)22-19)12-15-6-4-3-5-7-15/h3-11H,12H2,1-2H3. The van der Waals surface area contributed by atoms with Crippen molar-refractivity contribution in [3.8, 4) is 11.4 Å². The van der Waals surface area contributed by atoms with Gasteiger partial charge in [0.25, 0.3) is 0 Å². The van der Waals surface area contributed by atoms with Crippen LogP contribution in [0.5, 0.6) is 0 Å². The molecule has 3 rings (SSSR count). The zero-order valence-electron chi connectivity index (χ0n) is 12.7. The third-order valence-corrected chi connectivity index (χ3v) is 4.01. The first-order valence-electron chi connectivity index (χ1n) is 7.27. The minimum absolute atomic E-state index is 0.534. The molecule has 0 bridgehead atoms. The van der Waals surface area contributed by atoms with Crippen molar-refractivity contribution >= 4 is 11.6 Å². The molecule has 1 heterocycles. The van der Waals surface area contributed by atoms with Crippen LogP contribution in [0.15, 0.2) is 54.6 Å². The molecule has 3 aromatic rings. The molecule has 0 amide bonds. The van der Waals surface area contributed by atoms with Crippen LogP contribution >= 0.6 is 11.6 Å². The molecule has 3 heteroatoms. The fourth-order valence-electron chi connectivity index (χ4n) is 2.39. The largest absolute Gasteiger partial charge is 0.233 e. The van der Waals surface area contributed by atoms with Crippen molar-refractivity contribution in [2.24, 2.45) is 0 Å². The third-order valence-electron chi connectivity index (χ3n) is 3.70. The minimum atomic E-state index is 0.534. The average molecular weight is 309 g/mol. The van der Waals surface area contributed by atoms with E-state index in [-0.39, 0.29) is 0 Å². The highest BCUT2D eigenvalue weighted by atomic mass is 35.5. The van der Waals surface area contributed by atoms with E-state index in [4.69, 9.17) is 11.6 Å². The number of aromatic nitrogens is 2. The summed E-state index contributed by atoms with van der Waals surface area (Å²) in [4.78, 5) is 9.12. The van der Waals surface area contributed by atoms with Crippen molar-refractivity contribution in [1.29, 1.82) is 0 Å². The molecule has 1 aromatic heterocycles. The Balaban J connectivity index is 1.96. The molecule has 2 nitrogen and oxygen atoms in total. The Hall–Kier alpha value is -2.19. The first-order chi connectivity index (χ1) is 10.6. The summed E-state index contributed by atoms with van der Waals surface area (Å²) >= 11 is 6.41. The molecule has 0 N–H and O–H groups in total.